The Kier molecular flexibility index (Phi) is 3.47. The molecule has 120 valence electrons. The molecule has 1 unspecified atom stereocenters. The van der Waals surface area contributed by atoms with Crippen molar-refractivity contribution in [2.24, 2.45) is 0 Å². The molecule has 1 aromatic carbocycles. The number of hydrogen-bond donors (Lipinski definition) is 0. The van der Waals surface area contributed by atoms with E-state index in [9.17, 15) is 9.59 Å². The molecule has 4 rings (SSSR count). The number of unbranched alkanes of at least 4 members (excludes halogenated alkanes) is 1. The second-order valence-corrected chi connectivity index (χ2v) is 6.61. The van der Waals surface area contributed by atoms with Crippen LogP contribution in [0.5, 0.6) is 0 Å². The van der Waals surface area contributed by atoms with E-state index >= 15 is 0 Å². The first-order valence-electron chi connectivity index (χ1n) is 8.67. The third-order valence-corrected chi connectivity index (χ3v) is 5.26. The highest BCUT2D eigenvalue weighted by Gasteiger charge is 2.39. The van der Waals surface area contributed by atoms with Gasteiger partial charge in [-0.1, -0.05) is 31.5 Å². The number of carbonyl (C=O) groups is 2. The maximum absolute atomic E-state index is 12.6. The molecular weight excluding hydrogens is 288 g/mol. The Balaban J connectivity index is 1.82. The summed E-state index contributed by atoms with van der Waals surface area (Å²) in [5.41, 5.74) is 3.37. The predicted octanol–water partition coefficient (Wildman–Crippen LogP) is 3.69. The molecule has 1 aromatic heterocycles. The van der Waals surface area contributed by atoms with Crippen molar-refractivity contribution in [1.82, 2.24) is 9.47 Å². The first-order valence-corrected chi connectivity index (χ1v) is 8.67. The van der Waals surface area contributed by atoms with E-state index in [0.717, 1.165) is 43.4 Å². The summed E-state index contributed by atoms with van der Waals surface area (Å²) in [4.78, 5) is 27.1. The molecule has 0 fully saturated rings. The van der Waals surface area contributed by atoms with E-state index in [-0.39, 0.29) is 17.9 Å². The fourth-order valence-corrected chi connectivity index (χ4v) is 4.18. The number of para-hydroxylation sites is 1. The van der Waals surface area contributed by atoms with Gasteiger partial charge in [0.15, 0.2) is 0 Å². The van der Waals surface area contributed by atoms with Crippen molar-refractivity contribution in [3.63, 3.8) is 0 Å². The summed E-state index contributed by atoms with van der Waals surface area (Å²) in [5.74, 6) is 0.412. The molecular formula is C19H22N2O2. The largest absolute Gasteiger partial charge is 0.334 e. The maximum atomic E-state index is 12.6. The highest BCUT2D eigenvalue weighted by molar-refractivity contribution is 5.97. The van der Waals surface area contributed by atoms with Gasteiger partial charge in [-0.25, -0.2) is 0 Å². The second kappa shape index (κ2) is 5.52. The van der Waals surface area contributed by atoms with Gasteiger partial charge in [-0.05, 0) is 30.9 Å². The minimum Gasteiger partial charge on any atom is -0.334 e. The molecule has 3 heterocycles. The van der Waals surface area contributed by atoms with Gasteiger partial charge in [0.2, 0.25) is 11.8 Å². The number of nitrogens with zero attached hydrogens (tertiary/aromatic N) is 2. The van der Waals surface area contributed by atoms with Crippen LogP contribution < -0.4 is 0 Å². The van der Waals surface area contributed by atoms with Gasteiger partial charge in [-0.15, -0.1) is 0 Å². The van der Waals surface area contributed by atoms with Crippen LogP contribution in [-0.2, 0) is 11.2 Å². The van der Waals surface area contributed by atoms with E-state index in [0.29, 0.717) is 12.8 Å². The number of benzene rings is 1. The third-order valence-electron chi connectivity index (χ3n) is 5.26. The summed E-state index contributed by atoms with van der Waals surface area (Å²) in [5, 5.41) is 1.18. The molecule has 4 heteroatoms. The second-order valence-electron chi connectivity index (χ2n) is 6.61. The van der Waals surface area contributed by atoms with Crippen LogP contribution in [0, 0.1) is 0 Å². The molecule has 0 spiro atoms. The summed E-state index contributed by atoms with van der Waals surface area (Å²) in [6, 6.07) is 8.22. The zero-order valence-corrected chi connectivity index (χ0v) is 13.5. The highest BCUT2D eigenvalue weighted by atomic mass is 16.2. The molecule has 2 aromatic rings. The molecule has 0 saturated carbocycles. The lowest BCUT2D eigenvalue weighted by atomic mass is 9.92. The minimum atomic E-state index is 0.0770. The van der Waals surface area contributed by atoms with Crippen molar-refractivity contribution in [2.75, 3.05) is 6.54 Å². The van der Waals surface area contributed by atoms with Crippen LogP contribution in [0.15, 0.2) is 24.3 Å². The van der Waals surface area contributed by atoms with Crippen LogP contribution in [0.2, 0.25) is 0 Å². The van der Waals surface area contributed by atoms with E-state index in [1.807, 2.05) is 27.7 Å². The lowest BCUT2D eigenvalue weighted by Gasteiger charge is -2.39. The smallest absolute Gasteiger partial charge is 0.231 e. The van der Waals surface area contributed by atoms with E-state index in [4.69, 9.17) is 0 Å². The van der Waals surface area contributed by atoms with Gasteiger partial charge < -0.3 is 4.90 Å². The highest BCUT2D eigenvalue weighted by Crippen LogP contribution is 2.42. The Morgan fingerprint density at radius 2 is 2.09 bits per heavy atom. The molecule has 23 heavy (non-hydrogen) atoms. The zero-order chi connectivity index (χ0) is 16.0. The Morgan fingerprint density at radius 3 is 2.91 bits per heavy atom. The first-order chi connectivity index (χ1) is 11.2. The standard InChI is InChI=1S/C19H22N2O2/c1-2-3-8-17(22)20-12-11-14-13-6-4-5-7-15(13)21-18(23)10-9-16(20)19(14)21/h4-7,16H,2-3,8-12H2,1H3. The number of carbonyl (C=O) groups excluding carboxylic acids is 2. The van der Waals surface area contributed by atoms with Crippen LogP contribution in [0.25, 0.3) is 10.9 Å². The molecule has 4 nitrogen and oxygen atoms in total. The monoisotopic (exact) mass is 310 g/mol. The average Bonchev–Trinajstić information content (AvgIpc) is 2.92. The molecule has 0 aliphatic carbocycles. The summed E-state index contributed by atoms with van der Waals surface area (Å²) < 4.78 is 1.89. The molecule has 2 aliphatic rings. The quantitative estimate of drug-likeness (QED) is 0.867. The van der Waals surface area contributed by atoms with Gasteiger partial charge >= 0.3 is 0 Å². The van der Waals surface area contributed by atoms with E-state index < -0.39 is 0 Å². The normalized spacial score (nSPS) is 20.0. The zero-order valence-electron chi connectivity index (χ0n) is 13.5. The summed E-state index contributed by atoms with van der Waals surface area (Å²) in [6.07, 6.45) is 4.74. The molecule has 0 radical (unpaired) electrons. The molecule has 1 atom stereocenters. The topological polar surface area (TPSA) is 42.3 Å². The van der Waals surface area contributed by atoms with E-state index in [1.54, 1.807) is 0 Å². The Labute approximate surface area is 136 Å². The fraction of sp³-hybridized carbons (Fsp3) is 0.474. The van der Waals surface area contributed by atoms with Gasteiger partial charge in [-0.3, -0.25) is 14.2 Å². The number of hydrogen-bond acceptors (Lipinski definition) is 2. The van der Waals surface area contributed by atoms with Crippen molar-refractivity contribution in [3.05, 3.63) is 35.5 Å². The molecule has 0 bridgehead atoms. The molecule has 0 saturated heterocycles. The summed E-state index contributed by atoms with van der Waals surface area (Å²) >= 11 is 0. The maximum Gasteiger partial charge on any atom is 0.231 e. The van der Waals surface area contributed by atoms with Crippen LogP contribution in [-0.4, -0.2) is 27.8 Å². The van der Waals surface area contributed by atoms with E-state index in [2.05, 4.69) is 13.0 Å². The van der Waals surface area contributed by atoms with Crippen molar-refractivity contribution in [2.45, 2.75) is 51.5 Å². The SMILES string of the molecule is CCCCC(=O)N1CCc2c3n(c4ccccc24)C(=O)CCC31. The minimum absolute atomic E-state index is 0.0770. The van der Waals surface area contributed by atoms with Gasteiger partial charge in [0.25, 0.3) is 0 Å². The molecule has 0 N–H and O–H groups in total. The molecule has 1 amide bonds. The first kappa shape index (κ1) is 14.5. The fourth-order valence-electron chi connectivity index (χ4n) is 4.18. The van der Waals surface area contributed by atoms with Gasteiger partial charge in [-0.2, -0.15) is 0 Å². The summed E-state index contributed by atoms with van der Waals surface area (Å²) in [6.45, 7) is 2.89. The Bertz CT molecular complexity index is 790. The van der Waals surface area contributed by atoms with Crippen molar-refractivity contribution in [3.8, 4) is 0 Å². The lowest BCUT2D eigenvalue weighted by Crippen LogP contribution is -2.43. The number of rotatable bonds is 3. The Morgan fingerprint density at radius 1 is 1.26 bits per heavy atom. The third kappa shape index (κ3) is 2.12. The summed E-state index contributed by atoms with van der Waals surface area (Å²) in [7, 11) is 0. The van der Waals surface area contributed by atoms with Crippen LogP contribution in [0.4, 0.5) is 0 Å². The van der Waals surface area contributed by atoms with Gasteiger partial charge in [0.05, 0.1) is 17.3 Å². The van der Waals surface area contributed by atoms with Crippen molar-refractivity contribution < 1.29 is 9.59 Å². The van der Waals surface area contributed by atoms with Crippen molar-refractivity contribution in [1.29, 1.82) is 0 Å². The van der Waals surface area contributed by atoms with Crippen LogP contribution >= 0.6 is 0 Å². The number of aromatic nitrogens is 1. The van der Waals surface area contributed by atoms with Crippen LogP contribution in [0.3, 0.4) is 0 Å². The number of amides is 1. The average molecular weight is 310 g/mol. The number of fused-ring (bicyclic) bond motifs is 3. The molecule has 2 aliphatic heterocycles. The van der Waals surface area contributed by atoms with Gasteiger partial charge in [0.1, 0.15) is 0 Å². The van der Waals surface area contributed by atoms with Gasteiger partial charge in [0, 0.05) is 24.8 Å². The van der Waals surface area contributed by atoms with Crippen molar-refractivity contribution >= 4 is 22.7 Å². The van der Waals surface area contributed by atoms with Crippen LogP contribution in [0.1, 0.15) is 61.1 Å². The Hall–Kier alpha value is -2.10. The lowest BCUT2D eigenvalue weighted by molar-refractivity contribution is -0.134. The predicted molar refractivity (Wildman–Crippen MR) is 89.5 cm³/mol. The van der Waals surface area contributed by atoms with E-state index in [1.165, 1.54) is 10.9 Å².